The summed E-state index contributed by atoms with van der Waals surface area (Å²) in [6.07, 6.45) is 0. The van der Waals surface area contributed by atoms with Crippen LogP contribution in [0.15, 0.2) is 34.1 Å². The molecule has 2 rings (SSSR count). The maximum Gasteiger partial charge on any atom is 0.0789 e. The lowest BCUT2D eigenvalue weighted by molar-refractivity contribution is 0.942. The molecule has 17 heavy (non-hydrogen) atoms. The fourth-order valence-electron chi connectivity index (χ4n) is 1.68. The molecule has 1 aromatic heterocycles. The van der Waals surface area contributed by atoms with Crippen molar-refractivity contribution in [1.29, 1.82) is 0 Å². The first-order chi connectivity index (χ1) is 8.08. The zero-order chi connectivity index (χ0) is 12.4. The highest BCUT2D eigenvalue weighted by Crippen LogP contribution is 2.33. The largest absolute Gasteiger partial charge is 0.397 e. The molecule has 0 atom stereocenters. The quantitative estimate of drug-likeness (QED) is 0.846. The topological polar surface area (TPSA) is 29.3 Å². The molecule has 0 amide bonds. The molecule has 1 heterocycles. The van der Waals surface area contributed by atoms with Crippen LogP contribution in [0, 0.1) is 0 Å². The Morgan fingerprint density at radius 1 is 1.35 bits per heavy atom. The molecule has 2 nitrogen and oxygen atoms in total. The van der Waals surface area contributed by atoms with Crippen molar-refractivity contribution in [2.75, 3.05) is 17.7 Å². The van der Waals surface area contributed by atoms with Crippen molar-refractivity contribution in [3.63, 3.8) is 0 Å². The van der Waals surface area contributed by atoms with Crippen molar-refractivity contribution >= 4 is 50.2 Å². The van der Waals surface area contributed by atoms with Gasteiger partial charge >= 0.3 is 0 Å². The van der Waals surface area contributed by atoms with Gasteiger partial charge in [-0.3, -0.25) is 0 Å². The minimum Gasteiger partial charge on any atom is -0.397 e. The summed E-state index contributed by atoms with van der Waals surface area (Å²) in [6, 6.07) is 9.72. The molecular formula is C12H12BrClN2S. The van der Waals surface area contributed by atoms with E-state index in [0.717, 1.165) is 16.0 Å². The summed E-state index contributed by atoms with van der Waals surface area (Å²) in [6.45, 7) is 0.796. The van der Waals surface area contributed by atoms with Crippen LogP contribution in [0.1, 0.15) is 4.88 Å². The molecule has 0 aliphatic heterocycles. The average Bonchev–Trinajstić information content (AvgIpc) is 2.63. The number of benzene rings is 1. The Morgan fingerprint density at radius 2 is 2.12 bits per heavy atom. The van der Waals surface area contributed by atoms with Crippen molar-refractivity contribution in [2.24, 2.45) is 0 Å². The first-order valence-electron chi connectivity index (χ1n) is 5.07. The summed E-state index contributed by atoms with van der Waals surface area (Å²) in [5.41, 5.74) is 7.54. The molecule has 90 valence electrons. The standard InChI is InChI=1S/C12H12BrClN2S/c1-16(7-8-5-6-11(13)17-8)12-9(14)3-2-4-10(12)15/h2-6H,7,15H2,1H3. The van der Waals surface area contributed by atoms with Gasteiger partial charge in [0.25, 0.3) is 0 Å². The van der Waals surface area contributed by atoms with Crippen LogP contribution >= 0.6 is 38.9 Å². The minimum absolute atomic E-state index is 0.683. The van der Waals surface area contributed by atoms with Crippen molar-refractivity contribution in [3.05, 3.63) is 44.0 Å². The third-order valence-electron chi connectivity index (χ3n) is 2.42. The maximum atomic E-state index is 6.17. The van der Waals surface area contributed by atoms with E-state index in [9.17, 15) is 0 Å². The van der Waals surface area contributed by atoms with E-state index in [0.29, 0.717) is 10.7 Å². The molecule has 5 heteroatoms. The normalized spacial score (nSPS) is 10.5. The summed E-state index contributed by atoms with van der Waals surface area (Å²) in [4.78, 5) is 3.33. The van der Waals surface area contributed by atoms with Gasteiger partial charge in [-0.25, -0.2) is 0 Å². The lowest BCUT2D eigenvalue weighted by atomic mass is 10.2. The molecule has 0 unspecified atom stereocenters. The van der Waals surface area contributed by atoms with Crippen LogP contribution in [0.25, 0.3) is 0 Å². The second-order valence-corrected chi connectivity index (χ2v) is 6.69. The van der Waals surface area contributed by atoms with E-state index in [1.54, 1.807) is 11.3 Å². The van der Waals surface area contributed by atoms with Gasteiger partial charge in [0, 0.05) is 11.9 Å². The van der Waals surface area contributed by atoms with Gasteiger partial charge < -0.3 is 10.6 Å². The summed E-state index contributed by atoms with van der Waals surface area (Å²) in [5, 5.41) is 0.683. The van der Waals surface area contributed by atoms with Gasteiger partial charge in [0.1, 0.15) is 0 Å². The van der Waals surface area contributed by atoms with Gasteiger partial charge in [-0.1, -0.05) is 17.7 Å². The predicted molar refractivity (Wildman–Crippen MR) is 80.0 cm³/mol. The number of anilines is 2. The van der Waals surface area contributed by atoms with Crippen LogP contribution in [0.3, 0.4) is 0 Å². The van der Waals surface area contributed by atoms with Gasteiger partial charge in [0.2, 0.25) is 0 Å². The van der Waals surface area contributed by atoms with Crippen molar-refractivity contribution in [2.45, 2.75) is 6.54 Å². The molecule has 0 aliphatic rings. The number of nitrogen functional groups attached to an aromatic ring is 1. The molecule has 0 fully saturated rings. The Morgan fingerprint density at radius 3 is 2.71 bits per heavy atom. The van der Waals surface area contributed by atoms with Gasteiger partial charge in [0.05, 0.1) is 26.7 Å². The van der Waals surface area contributed by atoms with Gasteiger partial charge in [-0.15, -0.1) is 11.3 Å². The molecule has 0 saturated heterocycles. The van der Waals surface area contributed by atoms with Crippen molar-refractivity contribution < 1.29 is 0 Å². The van der Waals surface area contributed by atoms with Gasteiger partial charge in [-0.2, -0.15) is 0 Å². The molecule has 0 bridgehead atoms. The number of para-hydroxylation sites is 1. The average molecular weight is 332 g/mol. The molecule has 0 aliphatic carbocycles. The molecule has 1 aromatic carbocycles. The first kappa shape index (κ1) is 12.7. The summed E-state index contributed by atoms with van der Waals surface area (Å²) >= 11 is 11.3. The van der Waals surface area contributed by atoms with Crippen LogP contribution in [-0.2, 0) is 6.54 Å². The SMILES string of the molecule is CN(Cc1ccc(Br)s1)c1c(N)cccc1Cl. The van der Waals surface area contributed by atoms with Crippen molar-refractivity contribution in [3.8, 4) is 0 Å². The smallest absolute Gasteiger partial charge is 0.0789 e. The van der Waals surface area contributed by atoms with Crippen molar-refractivity contribution in [1.82, 2.24) is 0 Å². The van der Waals surface area contributed by atoms with E-state index >= 15 is 0 Å². The zero-order valence-electron chi connectivity index (χ0n) is 9.28. The van der Waals surface area contributed by atoms with E-state index in [-0.39, 0.29) is 0 Å². The van der Waals surface area contributed by atoms with Crippen LogP contribution < -0.4 is 10.6 Å². The molecule has 0 saturated carbocycles. The number of halogens is 2. The number of nitrogens with two attached hydrogens (primary N) is 1. The number of thiophene rings is 1. The number of hydrogen-bond acceptors (Lipinski definition) is 3. The highest BCUT2D eigenvalue weighted by molar-refractivity contribution is 9.11. The highest BCUT2D eigenvalue weighted by Gasteiger charge is 2.11. The number of hydrogen-bond donors (Lipinski definition) is 1. The first-order valence-corrected chi connectivity index (χ1v) is 7.06. The summed E-state index contributed by atoms with van der Waals surface area (Å²) in [7, 11) is 1.99. The molecule has 2 aromatic rings. The van der Waals surface area contributed by atoms with Gasteiger partial charge in [-0.05, 0) is 40.2 Å². The fraction of sp³-hybridized carbons (Fsp3) is 0.167. The second-order valence-electron chi connectivity index (χ2n) is 3.74. The Hall–Kier alpha value is -0.710. The monoisotopic (exact) mass is 330 g/mol. The van der Waals surface area contributed by atoms with E-state index in [2.05, 4.69) is 26.9 Å². The Balaban J connectivity index is 2.22. The van der Waals surface area contributed by atoms with Crippen LogP contribution in [0.4, 0.5) is 11.4 Å². The minimum atomic E-state index is 0.683. The van der Waals surface area contributed by atoms with E-state index in [1.807, 2.05) is 31.3 Å². The Bertz CT molecular complexity index is 507. The maximum absolute atomic E-state index is 6.17. The second kappa shape index (κ2) is 5.29. The van der Waals surface area contributed by atoms with E-state index in [4.69, 9.17) is 17.3 Å². The predicted octanol–water partition coefficient (Wildman–Crippen LogP) is 4.38. The van der Waals surface area contributed by atoms with Gasteiger partial charge in [0.15, 0.2) is 0 Å². The highest BCUT2D eigenvalue weighted by atomic mass is 79.9. The van der Waals surface area contributed by atoms with Crippen LogP contribution in [0.5, 0.6) is 0 Å². The van der Waals surface area contributed by atoms with Crippen LogP contribution in [-0.4, -0.2) is 7.05 Å². The Labute approximate surface area is 118 Å². The third kappa shape index (κ3) is 2.94. The van der Waals surface area contributed by atoms with Crippen LogP contribution in [0.2, 0.25) is 5.02 Å². The Kier molecular flexibility index (Phi) is 3.97. The number of rotatable bonds is 3. The molecule has 0 spiro atoms. The molecule has 0 radical (unpaired) electrons. The summed E-state index contributed by atoms with van der Waals surface area (Å²) < 4.78 is 1.13. The van der Waals surface area contributed by atoms with E-state index in [1.165, 1.54) is 4.88 Å². The van der Waals surface area contributed by atoms with E-state index < -0.39 is 0 Å². The fourth-order valence-corrected chi connectivity index (χ4v) is 3.55. The lowest BCUT2D eigenvalue weighted by Gasteiger charge is -2.21. The number of nitrogens with zero attached hydrogens (tertiary/aromatic N) is 1. The summed E-state index contributed by atoms with van der Waals surface area (Å²) in [5.74, 6) is 0. The molecule has 2 N–H and O–H groups in total. The third-order valence-corrected chi connectivity index (χ3v) is 4.33. The lowest BCUT2D eigenvalue weighted by Crippen LogP contribution is -2.17. The molecular weight excluding hydrogens is 320 g/mol. The zero-order valence-corrected chi connectivity index (χ0v) is 12.4.